The van der Waals surface area contributed by atoms with Crippen LogP contribution >= 0.6 is 0 Å². The number of benzene rings is 1. The van der Waals surface area contributed by atoms with E-state index in [2.05, 4.69) is 0 Å². The van der Waals surface area contributed by atoms with Gasteiger partial charge in [-0.3, -0.25) is 4.79 Å². The Kier molecular flexibility index (Phi) is 4.25. The topological polar surface area (TPSA) is 106 Å². The first kappa shape index (κ1) is 15.8. The first-order valence-corrected chi connectivity index (χ1v) is 8.34. The van der Waals surface area contributed by atoms with Crippen LogP contribution in [-0.2, 0) is 14.8 Å². The Bertz CT molecular complexity index is 670. The lowest BCUT2D eigenvalue weighted by molar-refractivity contribution is -0.122. The van der Waals surface area contributed by atoms with Crippen molar-refractivity contribution in [1.29, 1.82) is 0 Å². The van der Waals surface area contributed by atoms with Crippen molar-refractivity contribution in [2.75, 3.05) is 18.8 Å². The summed E-state index contributed by atoms with van der Waals surface area (Å²) in [6.45, 7) is 4.01. The van der Waals surface area contributed by atoms with Crippen molar-refractivity contribution in [2.24, 2.45) is 11.7 Å². The third-order valence-electron chi connectivity index (χ3n) is 4.00. The lowest BCUT2D eigenvalue weighted by Crippen LogP contribution is -2.44. The zero-order valence-electron chi connectivity index (χ0n) is 12.3. The fourth-order valence-corrected chi connectivity index (χ4v) is 4.59. The predicted molar refractivity (Wildman–Crippen MR) is 81.0 cm³/mol. The van der Waals surface area contributed by atoms with E-state index in [0.29, 0.717) is 24.9 Å². The maximum Gasteiger partial charge on any atom is 0.245 e. The first-order valence-electron chi connectivity index (χ1n) is 6.90. The van der Waals surface area contributed by atoms with E-state index in [0.717, 1.165) is 5.56 Å². The molecule has 1 aromatic carbocycles. The van der Waals surface area contributed by atoms with Gasteiger partial charge in [0.25, 0.3) is 0 Å². The van der Waals surface area contributed by atoms with Crippen LogP contribution in [0.4, 0.5) is 5.69 Å². The summed E-state index contributed by atoms with van der Waals surface area (Å²) >= 11 is 0. The largest absolute Gasteiger partial charge is 0.397 e. The summed E-state index contributed by atoms with van der Waals surface area (Å²) in [6.07, 6.45) is 1.25. The maximum absolute atomic E-state index is 12.8. The summed E-state index contributed by atoms with van der Waals surface area (Å²) in [5.41, 5.74) is 12.9. The second kappa shape index (κ2) is 5.65. The minimum Gasteiger partial charge on any atom is -0.397 e. The molecule has 0 aliphatic carbocycles. The number of primary amides is 1. The number of nitrogen functional groups attached to an aromatic ring is 1. The minimum absolute atomic E-state index is 0.129. The smallest absolute Gasteiger partial charge is 0.245 e. The van der Waals surface area contributed by atoms with Crippen LogP contribution in [0.2, 0.25) is 0 Å². The van der Waals surface area contributed by atoms with Crippen molar-refractivity contribution in [3.05, 3.63) is 23.3 Å². The van der Waals surface area contributed by atoms with Gasteiger partial charge in [0.05, 0.1) is 11.6 Å². The van der Waals surface area contributed by atoms with Crippen LogP contribution in [0, 0.1) is 19.8 Å². The molecule has 1 saturated heterocycles. The lowest BCUT2D eigenvalue weighted by Gasteiger charge is -2.31. The molecule has 1 aromatic rings. The highest BCUT2D eigenvalue weighted by atomic mass is 32.2. The Morgan fingerprint density at radius 3 is 2.52 bits per heavy atom. The second-order valence-corrected chi connectivity index (χ2v) is 7.42. The zero-order valence-corrected chi connectivity index (χ0v) is 13.1. The number of amides is 1. The van der Waals surface area contributed by atoms with Gasteiger partial charge in [0, 0.05) is 13.1 Å². The van der Waals surface area contributed by atoms with E-state index in [4.69, 9.17) is 11.5 Å². The molecular formula is C14H21N3O3S. The van der Waals surface area contributed by atoms with Gasteiger partial charge in [0.2, 0.25) is 15.9 Å². The van der Waals surface area contributed by atoms with Crippen molar-refractivity contribution < 1.29 is 13.2 Å². The van der Waals surface area contributed by atoms with Crippen molar-refractivity contribution in [1.82, 2.24) is 4.31 Å². The number of nitrogens with two attached hydrogens (primary N) is 2. The molecule has 0 bridgehead atoms. The van der Waals surface area contributed by atoms with Gasteiger partial charge in [-0.15, -0.1) is 0 Å². The van der Waals surface area contributed by atoms with Gasteiger partial charge in [0.15, 0.2) is 0 Å². The highest BCUT2D eigenvalue weighted by molar-refractivity contribution is 7.89. The van der Waals surface area contributed by atoms with Gasteiger partial charge in [-0.1, -0.05) is 12.1 Å². The minimum atomic E-state index is -3.71. The van der Waals surface area contributed by atoms with Crippen LogP contribution in [0.5, 0.6) is 0 Å². The van der Waals surface area contributed by atoms with Gasteiger partial charge < -0.3 is 11.5 Å². The molecular weight excluding hydrogens is 290 g/mol. The molecule has 1 heterocycles. The summed E-state index contributed by atoms with van der Waals surface area (Å²) in [7, 11) is -3.71. The Morgan fingerprint density at radius 2 is 1.90 bits per heavy atom. The molecule has 1 fully saturated rings. The Balaban J connectivity index is 2.43. The number of piperidine rings is 1. The summed E-state index contributed by atoms with van der Waals surface area (Å²) in [5, 5.41) is 0. The van der Waals surface area contributed by atoms with Crippen molar-refractivity contribution in [2.45, 2.75) is 31.6 Å². The zero-order chi connectivity index (χ0) is 15.8. The summed E-state index contributed by atoms with van der Waals surface area (Å²) in [4.78, 5) is 11.5. The van der Waals surface area contributed by atoms with Gasteiger partial charge in [0.1, 0.15) is 4.90 Å². The number of hydrogen-bond acceptors (Lipinski definition) is 4. The van der Waals surface area contributed by atoms with Crippen molar-refractivity contribution >= 4 is 21.6 Å². The van der Waals surface area contributed by atoms with Crippen LogP contribution in [0.25, 0.3) is 0 Å². The number of hydrogen-bond donors (Lipinski definition) is 2. The molecule has 0 aromatic heterocycles. The third-order valence-corrected chi connectivity index (χ3v) is 6.06. The SMILES string of the molecule is Cc1ccc(C)c(S(=O)(=O)N2CCCC(C(N)=O)C2)c1N. The van der Waals surface area contributed by atoms with Gasteiger partial charge in [-0.25, -0.2) is 8.42 Å². The van der Waals surface area contributed by atoms with Crippen LogP contribution in [0.3, 0.4) is 0 Å². The van der Waals surface area contributed by atoms with E-state index in [1.54, 1.807) is 26.0 Å². The standard InChI is InChI=1S/C14H21N3O3S/c1-9-5-6-10(2)13(12(9)15)21(19,20)17-7-3-4-11(8-17)14(16)18/h5-6,11H,3-4,7-8,15H2,1-2H3,(H2,16,18). The molecule has 0 spiro atoms. The number of sulfonamides is 1. The molecule has 1 atom stereocenters. The predicted octanol–water partition coefficient (Wildman–Crippen LogP) is 0.772. The van der Waals surface area contributed by atoms with Crippen molar-refractivity contribution in [3.8, 4) is 0 Å². The molecule has 4 N–H and O–H groups in total. The number of nitrogens with zero attached hydrogens (tertiary/aromatic N) is 1. The van der Waals surface area contributed by atoms with E-state index in [1.165, 1.54) is 4.31 Å². The number of aryl methyl sites for hydroxylation is 2. The van der Waals surface area contributed by atoms with Gasteiger partial charge in [-0.05, 0) is 37.8 Å². The number of anilines is 1. The summed E-state index contributed by atoms with van der Waals surface area (Å²) in [6, 6.07) is 3.54. The quantitative estimate of drug-likeness (QED) is 0.804. The van der Waals surface area contributed by atoms with Crippen LogP contribution in [0.1, 0.15) is 24.0 Å². The molecule has 1 amide bonds. The highest BCUT2D eigenvalue weighted by Gasteiger charge is 2.34. The highest BCUT2D eigenvalue weighted by Crippen LogP contribution is 2.31. The summed E-state index contributed by atoms with van der Waals surface area (Å²) in [5.74, 6) is -0.885. The number of carbonyl (C=O) groups is 1. The molecule has 116 valence electrons. The Morgan fingerprint density at radius 1 is 1.29 bits per heavy atom. The van der Waals surface area contributed by atoms with Gasteiger partial charge in [-0.2, -0.15) is 4.31 Å². The van der Waals surface area contributed by atoms with E-state index in [-0.39, 0.29) is 17.1 Å². The molecule has 1 unspecified atom stereocenters. The van der Waals surface area contributed by atoms with Crippen LogP contribution in [-0.4, -0.2) is 31.7 Å². The van der Waals surface area contributed by atoms with E-state index < -0.39 is 21.8 Å². The first-order chi connectivity index (χ1) is 9.75. The van der Waals surface area contributed by atoms with E-state index in [9.17, 15) is 13.2 Å². The Labute approximate surface area is 125 Å². The fourth-order valence-electron chi connectivity index (χ4n) is 2.67. The van der Waals surface area contributed by atoms with Crippen LogP contribution in [0.15, 0.2) is 17.0 Å². The average Bonchev–Trinajstić information content (AvgIpc) is 2.43. The average molecular weight is 311 g/mol. The normalized spacial score (nSPS) is 20.4. The molecule has 0 saturated carbocycles. The number of rotatable bonds is 3. The van der Waals surface area contributed by atoms with Gasteiger partial charge >= 0.3 is 0 Å². The number of carbonyl (C=O) groups excluding carboxylic acids is 1. The summed E-state index contributed by atoms with van der Waals surface area (Å²) < 4.78 is 27.0. The lowest BCUT2D eigenvalue weighted by atomic mass is 9.99. The van der Waals surface area contributed by atoms with E-state index >= 15 is 0 Å². The fraction of sp³-hybridized carbons (Fsp3) is 0.500. The van der Waals surface area contributed by atoms with E-state index in [1.807, 2.05) is 0 Å². The molecule has 2 rings (SSSR count). The maximum atomic E-state index is 12.8. The molecule has 21 heavy (non-hydrogen) atoms. The van der Waals surface area contributed by atoms with Crippen molar-refractivity contribution in [3.63, 3.8) is 0 Å². The Hall–Kier alpha value is -1.60. The second-order valence-electron chi connectivity index (χ2n) is 5.55. The monoisotopic (exact) mass is 311 g/mol. The third kappa shape index (κ3) is 2.89. The molecule has 6 nitrogen and oxygen atoms in total. The molecule has 1 aliphatic rings. The molecule has 0 radical (unpaired) electrons. The molecule has 1 aliphatic heterocycles. The van der Waals surface area contributed by atoms with Crippen LogP contribution < -0.4 is 11.5 Å². The molecule has 7 heteroatoms.